The predicted octanol–water partition coefficient (Wildman–Crippen LogP) is 4.83. The molecule has 0 spiro atoms. The second-order valence-electron chi connectivity index (χ2n) is 4.55. The van der Waals surface area contributed by atoms with Crippen LogP contribution in [0.1, 0.15) is 10.4 Å². The minimum atomic E-state index is 0.0269. The molecule has 0 saturated heterocycles. The third-order valence-electron chi connectivity index (χ3n) is 3.22. The van der Waals surface area contributed by atoms with Gasteiger partial charge in [0.2, 0.25) is 0 Å². The van der Waals surface area contributed by atoms with Crippen LogP contribution in [0.15, 0.2) is 54.7 Å². The van der Waals surface area contributed by atoms with Gasteiger partial charge in [0.05, 0.1) is 17.1 Å². The van der Waals surface area contributed by atoms with Crippen molar-refractivity contribution in [3.8, 4) is 0 Å². The van der Waals surface area contributed by atoms with E-state index in [-0.39, 0.29) is 12.3 Å². The van der Waals surface area contributed by atoms with Crippen LogP contribution in [0.4, 0.5) is 0 Å². The molecule has 1 heterocycles. The fraction of sp³-hybridized carbons (Fsp3) is 0.0625. The number of hydrogen-bond donors (Lipinski definition) is 0. The van der Waals surface area contributed by atoms with Gasteiger partial charge in [-0.25, -0.2) is 0 Å². The molecule has 100 valence electrons. The van der Waals surface area contributed by atoms with Crippen molar-refractivity contribution >= 4 is 39.9 Å². The van der Waals surface area contributed by atoms with Crippen LogP contribution in [0.25, 0.3) is 10.9 Å². The Morgan fingerprint density at radius 1 is 1.00 bits per heavy atom. The van der Waals surface area contributed by atoms with E-state index in [0.29, 0.717) is 15.6 Å². The Kier molecular flexibility index (Phi) is 3.51. The molecule has 0 radical (unpaired) electrons. The fourth-order valence-electron chi connectivity index (χ4n) is 2.23. The fourth-order valence-corrected chi connectivity index (χ4v) is 2.64. The first kappa shape index (κ1) is 13.2. The summed E-state index contributed by atoms with van der Waals surface area (Å²) < 4.78 is 1.87. The van der Waals surface area contributed by atoms with Gasteiger partial charge in [-0.15, -0.1) is 0 Å². The molecule has 0 atom stereocenters. The largest absolute Gasteiger partial charge is 0.338 e. The van der Waals surface area contributed by atoms with Gasteiger partial charge in [-0.2, -0.15) is 0 Å². The number of carbonyl (C=O) groups is 1. The molecule has 2 aromatic carbocycles. The lowest BCUT2D eigenvalue weighted by atomic mass is 10.1. The van der Waals surface area contributed by atoms with Gasteiger partial charge in [0.15, 0.2) is 5.78 Å². The highest BCUT2D eigenvalue weighted by molar-refractivity contribution is 6.35. The standard InChI is InChI=1S/C16H11Cl2NO/c17-13-6-4-11(5-7-13)15(20)10-19-9-8-12-2-1-3-14(18)16(12)19/h1-9H,10H2. The van der Waals surface area contributed by atoms with E-state index in [1.54, 1.807) is 24.3 Å². The van der Waals surface area contributed by atoms with E-state index < -0.39 is 0 Å². The molecule has 0 bridgehead atoms. The molecule has 0 N–H and O–H groups in total. The number of carbonyl (C=O) groups excluding carboxylic acids is 1. The van der Waals surface area contributed by atoms with E-state index >= 15 is 0 Å². The molecular formula is C16H11Cl2NO. The molecule has 0 unspecified atom stereocenters. The molecule has 1 aromatic heterocycles. The van der Waals surface area contributed by atoms with E-state index in [4.69, 9.17) is 23.2 Å². The molecule has 0 amide bonds. The number of hydrogen-bond acceptors (Lipinski definition) is 1. The average molecular weight is 304 g/mol. The number of rotatable bonds is 3. The third kappa shape index (κ3) is 2.45. The summed E-state index contributed by atoms with van der Waals surface area (Å²) in [5, 5.41) is 2.30. The normalized spacial score (nSPS) is 10.9. The Bertz CT molecular complexity index is 775. The number of ketones is 1. The van der Waals surface area contributed by atoms with Gasteiger partial charge in [-0.3, -0.25) is 4.79 Å². The highest BCUT2D eigenvalue weighted by Crippen LogP contribution is 2.24. The van der Waals surface area contributed by atoms with Crippen molar-refractivity contribution in [1.29, 1.82) is 0 Å². The van der Waals surface area contributed by atoms with Gasteiger partial charge >= 0.3 is 0 Å². The van der Waals surface area contributed by atoms with E-state index in [9.17, 15) is 4.79 Å². The second-order valence-corrected chi connectivity index (χ2v) is 5.40. The maximum Gasteiger partial charge on any atom is 0.182 e. The van der Waals surface area contributed by atoms with Crippen LogP contribution in [0.2, 0.25) is 10.0 Å². The number of fused-ring (bicyclic) bond motifs is 1. The average Bonchev–Trinajstić information content (AvgIpc) is 2.84. The number of benzene rings is 2. The van der Waals surface area contributed by atoms with Crippen LogP contribution in [-0.2, 0) is 6.54 Å². The third-order valence-corrected chi connectivity index (χ3v) is 3.78. The van der Waals surface area contributed by atoms with Crippen molar-refractivity contribution in [2.24, 2.45) is 0 Å². The maximum atomic E-state index is 12.3. The zero-order valence-corrected chi connectivity index (χ0v) is 12.0. The van der Waals surface area contributed by atoms with Crippen LogP contribution in [-0.4, -0.2) is 10.4 Å². The maximum absolute atomic E-state index is 12.3. The van der Waals surface area contributed by atoms with Crippen LogP contribution in [0.5, 0.6) is 0 Å². The first-order chi connectivity index (χ1) is 9.65. The van der Waals surface area contributed by atoms with Crippen LogP contribution >= 0.6 is 23.2 Å². The first-order valence-electron chi connectivity index (χ1n) is 6.17. The topological polar surface area (TPSA) is 22.0 Å². The molecule has 20 heavy (non-hydrogen) atoms. The quantitative estimate of drug-likeness (QED) is 0.635. The Morgan fingerprint density at radius 2 is 1.75 bits per heavy atom. The van der Waals surface area contributed by atoms with Crippen molar-refractivity contribution in [2.75, 3.05) is 0 Å². The Morgan fingerprint density at radius 3 is 2.50 bits per heavy atom. The lowest BCUT2D eigenvalue weighted by Gasteiger charge is -2.06. The van der Waals surface area contributed by atoms with Crippen molar-refractivity contribution in [3.63, 3.8) is 0 Å². The van der Waals surface area contributed by atoms with Gasteiger partial charge in [0.25, 0.3) is 0 Å². The SMILES string of the molecule is O=C(Cn1ccc2cccc(Cl)c21)c1ccc(Cl)cc1. The summed E-state index contributed by atoms with van der Waals surface area (Å²) in [6.07, 6.45) is 1.88. The van der Waals surface area contributed by atoms with Gasteiger partial charge < -0.3 is 4.57 Å². The van der Waals surface area contributed by atoms with Crippen LogP contribution in [0, 0.1) is 0 Å². The number of para-hydroxylation sites is 1. The van der Waals surface area contributed by atoms with Gasteiger partial charge in [0, 0.05) is 22.2 Å². The van der Waals surface area contributed by atoms with Gasteiger partial charge in [0.1, 0.15) is 0 Å². The molecule has 0 saturated carbocycles. The lowest BCUT2D eigenvalue weighted by Crippen LogP contribution is -2.09. The summed E-state index contributed by atoms with van der Waals surface area (Å²) in [5.41, 5.74) is 1.53. The monoisotopic (exact) mass is 303 g/mol. The highest BCUT2D eigenvalue weighted by Gasteiger charge is 2.10. The summed E-state index contributed by atoms with van der Waals surface area (Å²) in [5.74, 6) is 0.0269. The van der Waals surface area contributed by atoms with Crippen LogP contribution < -0.4 is 0 Å². The van der Waals surface area contributed by atoms with Crippen molar-refractivity contribution < 1.29 is 4.79 Å². The first-order valence-corrected chi connectivity index (χ1v) is 6.93. The van der Waals surface area contributed by atoms with Gasteiger partial charge in [-0.1, -0.05) is 35.3 Å². The number of aromatic nitrogens is 1. The summed E-state index contributed by atoms with van der Waals surface area (Å²) >= 11 is 12.0. The van der Waals surface area contributed by atoms with Crippen LogP contribution in [0.3, 0.4) is 0 Å². The second kappa shape index (κ2) is 5.31. The molecule has 0 fully saturated rings. The molecule has 3 rings (SSSR count). The molecule has 0 aliphatic rings. The van der Waals surface area contributed by atoms with E-state index in [0.717, 1.165) is 10.9 Å². The number of halogens is 2. The van der Waals surface area contributed by atoms with E-state index in [2.05, 4.69) is 0 Å². The smallest absolute Gasteiger partial charge is 0.182 e. The highest BCUT2D eigenvalue weighted by atomic mass is 35.5. The number of Topliss-reactive ketones (excluding diaryl/α,β-unsaturated/α-hetero) is 1. The molecule has 3 aromatic rings. The Balaban J connectivity index is 1.93. The van der Waals surface area contributed by atoms with Gasteiger partial charge in [-0.05, 0) is 36.4 Å². The molecule has 2 nitrogen and oxygen atoms in total. The lowest BCUT2D eigenvalue weighted by molar-refractivity contribution is 0.0973. The summed E-state index contributed by atoms with van der Waals surface area (Å²) in [6, 6.07) is 14.6. The predicted molar refractivity (Wildman–Crippen MR) is 82.7 cm³/mol. The van der Waals surface area contributed by atoms with Crippen molar-refractivity contribution in [2.45, 2.75) is 6.54 Å². The summed E-state index contributed by atoms with van der Waals surface area (Å²) in [6.45, 7) is 0.259. The molecule has 0 aliphatic carbocycles. The molecule has 4 heteroatoms. The van der Waals surface area contributed by atoms with Crippen molar-refractivity contribution in [3.05, 3.63) is 70.3 Å². The summed E-state index contributed by atoms with van der Waals surface area (Å²) in [7, 11) is 0. The van der Waals surface area contributed by atoms with E-state index in [1.807, 2.05) is 35.0 Å². The van der Waals surface area contributed by atoms with E-state index in [1.165, 1.54) is 0 Å². The minimum Gasteiger partial charge on any atom is -0.338 e. The zero-order chi connectivity index (χ0) is 14.1. The molecule has 0 aliphatic heterocycles. The Hall–Kier alpha value is -1.77. The summed E-state index contributed by atoms with van der Waals surface area (Å²) in [4.78, 5) is 12.3. The molecular weight excluding hydrogens is 293 g/mol. The zero-order valence-electron chi connectivity index (χ0n) is 10.5. The minimum absolute atomic E-state index is 0.0269. The Labute approximate surface area is 126 Å². The van der Waals surface area contributed by atoms with Crippen molar-refractivity contribution in [1.82, 2.24) is 4.57 Å². The number of nitrogens with zero attached hydrogens (tertiary/aromatic N) is 1.